The van der Waals surface area contributed by atoms with Gasteiger partial charge in [-0.05, 0) is 24.1 Å². The van der Waals surface area contributed by atoms with E-state index < -0.39 is 12.0 Å². The Labute approximate surface area is 92.7 Å². The van der Waals surface area contributed by atoms with Crippen molar-refractivity contribution in [2.75, 3.05) is 0 Å². The minimum absolute atomic E-state index is 0.0933. The second-order valence-corrected chi connectivity index (χ2v) is 3.77. The Hall–Kier alpha value is -1.91. The molecule has 1 aliphatic heterocycles. The lowest BCUT2D eigenvalue weighted by molar-refractivity contribution is -0.146. The van der Waals surface area contributed by atoms with Crippen molar-refractivity contribution in [3.63, 3.8) is 0 Å². The van der Waals surface area contributed by atoms with Crippen LogP contribution in [0.5, 0.6) is 0 Å². The Morgan fingerprint density at radius 3 is 2.81 bits per heavy atom. The lowest BCUT2D eigenvalue weighted by atomic mass is 10.2. The van der Waals surface area contributed by atoms with Crippen molar-refractivity contribution >= 4 is 11.9 Å². The zero-order valence-corrected chi connectivity index (χ0v) is 8.67. The standard InChI is InChI=1S/C11H12N2O3/c14-10-2-1-9(11(15)16)13(10)7-8-3-5-12-6-4-8/h3-6,9H,1-2,7H2,(H,15,16). The van der Waals surface area contributed by atoms with Crippen LogP contribution in [0.3, 0.4) is 0 Å². The Balaban J connectivity index is 2.13. The molecule has 0 radical (unpaired) electrons. The van der Waals surface area contributed by atoms with Crippen LogP contribution < -0.4 is 0 Å². The van der Waals surface area contributed by atoms with Crippen LogP contribution in [0, 0.1) is 0 Å². The molecule has 0 spiro atoms. The van der Waals surface area contributed by atoms with Crippen LogP contribution in [0.2, 0.25) is 0 Å². The highest BCUT2D eigenvalue weighted by molar-refractivity contribution is 5.87. The lowest BCUT2D eigenvalue weighted by Crippen LogP contribution is -2.37. The van der Waals surface area contributed by atoms with Crippen LogP contribution >= 0.6 is 0 Å². The summed E-state index contributed by atoms with van der Waals surface area (Å²) in [7, 11) is 0. The SMILES string of the molecule is O=C(O)C1CCC(=O)N1Cc1ccncc1. The zero-order valence-electron chi connectivity index (χ0n) is 8.67. The molecule has 1 atom stereocenters. The molecular formula is C11H12N2O3. The third kappa shape index (κ3) is 2.03. The Kier molecular flexibility index (Phi) is 2.85. The zero-order chi connectivity index (χ0) is 11.5. The van der Waals surface area contributed by atoms with Crippen molar-refractivity contribution < 1.29 is 14.7 Å². The van der Waals surface area contributed by atoms with Gasteiger partial charge in [0, 0.05) is 25.4 Å². The molecule has 0 aliphatic carbocycles. The number of hydrogen-bond acceptors (Lipinski definition) is 3. The molecule has 1 saturated heterocycles. The van der Waals surface area contributed by atoms with E-state index in [1.807, 2.05) is 0 Å². The summed E-state index contributed by atoms with van der Waals surface area (Å²) in [6.45, 7) is 0.346. The van der Waals surface area contributed by atoms with Gasteiger partial charge in [0.25, 0.3) is 0 Å². The Morgan fingerprint density at radius 1 is 1.50 bits per heavy atom. The summed E-state index contributed by atoms with van der Waals surface area (Å²) in [4.78, 5) is 27.8. The summed E-state index contributed by atoms with van der Waals surface area (Å²) in [5.74, 6) is -1.02. The van der Waals surface area contributed by atoms with Gasteiger partial charge in [-0.15, -0.1) is 0 Å². The van der Waals surface area contributed by atoms with Gasteiger partial charge >= 0.3 is 5.97 Å². The quantitative estimate of drug-likeness (QED) is 0.812. The van der Waals surface area contributed by atoms with E-state index >= 15 is 0 Å². The van der Waals surface area contributed by atoms with E-state index in [-0.39, 0.29) is 5.91 Å². The van der Waals surface area contributed by atoms with Crippen LogP contribution in [0.25, 0.3) is 0 Å². The van der Waals surface area contributed by atoms with Gasteiger partial charge < -0.3 is 10.0 Å². The van der Waals surface area contributed by atoms with E-state index in [2.05, 4.69) is 4.98 Å². The Morgan fingerprint density at radius 2 is 2.19 bits per heavy atom. The number of pyridine rings is 1. The number of rotatable bonds is 3. The first-order chi connectivity index (χ1) is 7.68. The first-order valence-electron chi connectivity index (χ1n) is 5.09. The first-order valence-corrected chi connectivity index (χ1v) is 5.09. The molecule has 16 heavy (non-hydrogen) atoms. The van der Waals surface area contributed by atoms with Crippen LogP contribution in [-0.2, 0) is 16.1 Å². The normalized spacial score (nSPS) is 20.1. The largest absolute Gasteiger partial charge is 0.480 e. The van der Waals surface area contributed by atoms with Gasteiger partial charge in [-0.1, -0.05) is 0 Å². The molecule has 0 saturated carbocycles. The summed E-state index contributed by atoms with van der Waals surface area (Å²) < 4.78 is 0. The van der Waals surface area contributed by atoms with Crippen molar-refractivity contribution in [3.05, 3.63) is 30.1 Å². The minimum atomic E-state index is -0.931. The van der Waals surface area contributed by atoms with Crippen LogP contribution in [0.1, 0.15) is 18.4 Å². The highest BCUT2D eigenvalue weighted by Crippen LogP contribution is 2.21. The number of carbonyl (C=O) groups is 2. The number of carbonyl (C=O) groups excluding carboxylic acids is 1. The van der Waals surface area contributed by atoms with Crippen LogP contribution in [-0.4, -0.2) is 32.9 Å². The second-order valence-electron chi connectivity index (χ2n) is 3.77. The number of hydrogen-bond donors (Lipinski definition) is 1. The monoisotopic (exact) mass is 220 g/mol. The van der Waals surface area contributed by atoms with Gasteiger partial charge in [0.1, 0.15) is 6.04 Å². The highest BCUT2D eigenvalue weighted by Gasteiger charge is 2.35. The van der Waals surface area contributed by atoms with Crippen LogP contribution in [0.4, 0.5) is 0 Å². The molecule has 1 aliphatic rings. The van der Waals surface area contributed by atoms with Crippen molar-refractivity contribution in [1.82, 2.24) is 9.88 Å². The topological polar surface area (TPSA) is 70.5 Å². The molecule has 1 unspecified atom stereocenters. The number of nitrogens with zero attached hydrogens (tertiary/aromatic N) is 2. The van der Waals surface area contributed by atoms with Crippen molar-refractivity contribution in [1.29, 1.82) is 0 Å². The first kappa shape index (κ1) is 10.6. The molecule has 2 rings (SSSR count). The smallest absolute Gasteiger partial charge is 0.326 e. The molecule has 1 aromatic heterocycles. The predicted octanol–water partition coefficient (Wildman–Crippen LogP) is 0.657. The number of amides is 1. The average molecular weight is 220 g/mol. The van der Waals surface area contributed by atoms with E-state index in [9.17, 15) is 9.59 Å². The number of likely N-dealkylation sites (tertiary alicyclic amines) is 1. The van der Waals surface area contributed by atoms with Crippen molar-refractivity contribution in [3.8, 4) is 0 Å². The maximum atomic E-state index is 11.5. The third-order valence-electron chi connectivity index (χ3n) is 2.72. The molecule has 0 aromatic carbocycles. The molecular weight excluding hydrogens is 208 g/mol. The van der Waals surface area contributed by atoms with E-state index in [4.69, 9.17) is 5.11 Å². The fourth-order valence-electron chi connectivity index (χ4n) is 1.87. The molecule has 5 heteroatoms. The number of aromatic nitrogens is 1. The molecule has 1 aromatic rings. The van der Waals surface area contributed by atoms with Crippen molar-refractivity contribution in [2.45, 2.75) is 25.4 Å². The second kappa shape index (κ2) is 4.30. The van der Waals surface area contributed by atoms with Gasteiger partial charge in [-0.2, -0.15) is 0 Å². The van der Waals surface area contributed by atoms with Gasteiger partial charge in [0.15, 0.2) is 0 Å². The summed E-state index contributed by atoms with van der Waals surface area (Å²) in [6, 6.07) is 2.88. The lowest BCUT2D eigenvalue weighted by Gasteiger charge is -2.21. The molecule has 5 nitrogen and oxygen atoms in total. The summed E-state index contributed by atoms with van der Waals surface area (Å²) in [6.07, 6.45) is 3.98. The maximum absolute atomic E-state index is 11.5. The fourth-order valence-corrected chi connectivity index (χ4v) is 1.87. The van der Waals surface area contributed by atoms with E-state index in [1.165, 1.54) is 4.90 Å². The number of aliphatic carboxylic acids is 1. The van der Waals surface area contributed by atoms with Gasteiger partial charge in [0.05, 0.1) is 0 Å². The summed E-state index contributed by atoms with van der Waals surface area (Å²) in [5.41, 5.74) is 0.900. The molecule has 0 bridgehead atoms. The molecule has 1 fully saturated rings. The Bertz CT molecular complexity index is 405. The molecule has 84 valence electrons. The van der Waals surface area contributed by atoms with Gasteiger partial charge in [-0.3, -0.25) is 9.78 Å². The van der Waals surface area contributed by atoms with E-state index in [0.717, 1.165) is 5.56 Å². The van der Waals surface area contributed by atoms with E-state index in [0.29, 0.717) is 19.4 Å². The fraction of sp³-hybridized carbons (Fsp3) is 0.364. The molecule has 2 heterocycles. The molecule has 1 amide bonds. The molecule has 1 N–H and O–H groups in total. The summed E-state index contributed by atoms with van der Waals surface area (Å²) >= 11 is 0. The van der Waals surface area contributed by atoms with Crippen molar-refractivity contribution in [2.24, 2.45) is 0 Å². The number of carboxylic acid groups (broad SMARTS) is 1. The summed E-state index contributed by atoms with van der Waals surface area (Å²) in [5, 5.41) is 8.97. The van der Waals surface area contributed by atoms with Crippen LogP contribution in [0.15, 0.2) is 24.5 Å². The van der Waals surface area contributed by atoms with E-state index in [1.54, 1.807) is 24.5 Å². The number of carboxylic acids is 1. The maximum Gasteiger partial charge on any atom is 0.326 e. The third-order valence-corrected chi connectivity index (χ3v) is 2.72. The van der Waals surface area contributed by atoms with Gasteiger partial charge in [-0.25, -0.2) is 4.79 Å². The van der Waals surface area contributed by atoms with Gasteiger partial charge in [0.2, 0.25) is 5.91 Å². The average Bonchev–Trinajstić information content (AvgIpc) is 2.62. The minimum Gasteiger partial charge on any atom is -0.480 e. The predicted molar refractivity (Wildman–Crippen MR) is 55.4 cm³/mol. The highest BCUT2D eigenvalue weighted by atomic mass is 16.4.